The van der Waals surface area contributed by atoms with E-state index in [0.29, 0.717) is 6.54 Å². The Morgan fingerprint density at radius 1 is 1.62 bits per heavy atom. The number of rotatable bonds is 4. The summed E-state index contributed by atoms with van der Waals surface area (Å²) in [5.74, 6) is -0.0758. The van der Waals surface area contributed by atoms with E-state index in [9.17, 15) is 4.79 Å². The lowest BCUT2D eigenvalue weighted by molar-refractivity contribution is -0.124. The molecule has 1 aromatic rings. The van der Waals surface area contributed by atoms with Crippen LogP contribution in [-0.4, -0.2) is 19.6 Å². The summed E-state index contributed by atoms with van der Waals surface area (Å²) in [5.41, 5.74) is 2.40. The third-order valence-electron chi connectivity index (χ3n) is 1.71. The summed E-state index contributed by atoms with van der Waals surface area (Å²) < 4.78 is 4.69. The molecular formula is C9H13NO2S. The van der Waals surface area contributed by atoms with Gasteiger partial charge < -0.3 is 10.1 Å². The highest BCUT2D eigenvalue weighted by atomic mass is 32.1. The van der Waals surface area contributed by atoms with Crippen molar-refractivity contribution in [2.75, 3.05) is 13.7 Å². The minimum Gasteiger partial charge on any atom is -0.375 e. The molecule has 4 heteroatoms. The maximum absolute atomic E-state index is 11.0. The zero-order valence-electron chi connectivity index (χ0n) is 7.79. The van der Waals surface area contributed by atoms with E-state index < -0.39 is 0 Å². The molecule has 0 aliphatic carbocycles. The van der Waals surface area contributed by atoms with Crippen molar-refractivity contribution in [2.24, 2.45) is 0 Å². The number of hydrogen-bond acceptors (Lipinski definition) is 3. The van der Waals surface area contributed by atoms with Crippen LogP contribution in [0.1, 0.15) is 11.1 Å². The maximum Gasteiger partial charge on any atom is 0.246 e. The highest BCUT2D eigenvalue weighted by Gasteiger charge is 2.02. The van der Waals surface area contributed by atoms with Crippen LogP contribution in [0.15, 0.2) is 10.8 Å². The molecule has 0 atom stereocenters. The molecule has 1 amide bonds. The number of carbonyl (C=O) groups is 1. The predicted octanol–water partition coefficient (Wildman–Crippen LogP) is 1.32. The van der Waals surface area contributed by atoms with Crippen LogP contribution in [0.2, 0.25) is 0 Å². The van der Waals surface area contributed by atoms with Crippen LogP contribution < -0.4 is 5.32 Å². The van der Waals surface area contributed by atoms with E-state index in [1.807, 2.05) is 12.3 Å². The Kier molecular flexibility index (Phi) is 3.92. The zero-order valence-corrected chi connectivity index (χ0v) is 8.61. The number of amides is 1. The SMILES string of the molecule is COCC(=O)NCc1cscc1C. The normalized spacial score (nSPS) is 10.0. The first-order valence-electron chi connectivity index (χ1n) is 4.01. The van der Waals surface area contributed by atoms with Crippen molar-refractivity contribution in [1.29, 1.82) is 0 Å². The van der Waals surface area contributed by atoms with E-state index in [0.717, 1.165) is 0 Å². The van der Waals surface area contributed by atoms with Gasteiger partial charge >= 0.3 is 0 Å². The Hall–Kier alpha value is -0.870. The number of methoxy groups -OCH3 is 1. The third-order valence-corrected chi connectivity index (χ3v) is 2.62. The quantitative estimate of drug-likeness (QED) is 0.794. The number of aryl methyl sites for hydroxylation is 1. The van der Waals surface area contributed by atoms with E-state index in [1.54, 1.807) is 11.3 Å². The van der Waals surface area contributed by atoms with Crippen molar-refractivity contribution in [2.45, 2.75) is 13.5 Å². The Labute approximate surface area is 81.7 Å². The standard InChI is InChI=1S/C9H13NO2S/c1-7-5-13-6-8(7)3-10-9(11)4-12-2/h5-6H,3-4H2,1-2H3,(H,10,11). The van der Waals surface area contributed by atoms with Crippen LogP contribution >= 0.6 is 11.3 Å². The van der Waals surface area contributed by atoms with Crippen LogP contribution in [0.4, 0.5) is 0 Å². The van der Waals surface area contributed by atoms with Crippen molar-refractivity contribution in [3.05, 3.63) is 21.9 Å². The van der Waals surface area contributed by atoms with Gasteiger partial charge in [-0.25, -0.2) is 0 Å². The average molecular weight is 199 g/mol. The van der Waals surface area contributed by atoms with Crippen molar-refractivity contribution in [3.63, 3.8) is 0 Å². The molecule has 3 nitrogen and oxygen atoms in total. The van der Waals surface area contributed by atoms with Gasteiger partial charge in [-0.15, -0.1) is 0 Å². The largest absolute Gasteiger partial charge is 0.375 e. The van der Waals surface area contributed by atoms with E-state index >= 15 is 0 Å². The monoisotopic (exact) mass is 199 g/mol. The average Bonchev–Trinajstić information content (AvgIpc) is 2.48. The number of thiophene rings is 1. The van der Waals surface area contributed by atoms with Crippen LogP contribution in [0.5, 0.6) is 0 Å². The van der Waals surface area contributed by atoms with Gasteiger partial charge in [-0.3, -0.25) is 4.79 Å². The molecule has 0 fully saturated rings. The molecule has 0 spiro atoms. The minimum atomic E-state index is -0.0758. The Bertz CT molecular complexity index is 283. The lowest BCUT2D eigenvalue weighted by atomic mass is 10.2. The van der Waals surface area contributed by atoms with Crippen LogP contribution in [-0.2, 0) is 16.1 Å². The van der Waals surface area contributed by atoms with Gasteiger partial charge in [0.2, 0.25) is 5.91 Å². The van der Waals surface area contributed by atoms with E-state index in [-0.39, 0.29) is 12.5 Å². The Balaban J connectivity index is 2.35. The maximum atomic E-state index is 11.0. The molecule has 0 aliphatic rings. The molecule has 0 aromatic carbocycles. The van der Waals surface area contributed by atoms with Gasteiger partial charge in [0.15, 0.2) is 0 Å². The second kappa shape index (κ2) is 4.99. The molecule has 13 heavy (non-hydrogen) atoms. The molecule has 0 unspecified atom stereocenters. The van der Waals surface area contributed by atoms with E-state index in [1.165, 1.54) is 18.2 Å². The Morgan fingerprint density at radius 2 is 2.38 bits per heavy atom. The summed E-state index contributed by atoms with van der Waals surface area (Å²) in [6, 6.07) is 0. The van der Waals surface area contributed by atoms with Crippen molar-refractivity contribution < 1.29 is 9.53 Å². The fraction of sp³-hybridized carbons (Fsp3) is 0.444. The fourth-order valence-electron chi connectivity index (χ4n) is 0.944. The van der Waals surface area contributed by atoms with E-state index in [4.69, 9.17) is 4.74 Å². The minimum absolute atomic E-state index is 0.0758. The van der Waals surface area contributed by atoms with Gasteiger partial charge in [0.05, 0.1) is 0 Å². The second-order valence-corrected chi connectivity index (χ2v) is 3.53. The van der Waals surface area contributed by atoms with Gasteiger partial charge in [0, 0.05) is 13.7 Å². The lowest BCUT2D eigenvalue weighted by Gasteiger charge is -2.03. The molecule has 72 valence electrons. The molecule has 0 bridgehead atoms. The van der Waals surface area contributed by atoms with Gasteiger partial charge in [-0.05, 0) is 28.8 Å². The van der Waals surface area contributed by atoms with Gasteiger partial charge in [-0.2, -0.15) is 11.3 Å². The number of ether oxygens (including phenoxy) is 1. The molecule has 0 saturated carbocycles. The highest BCUT2D eigenvalue weighted by Crippen LogP contribution is 2.12. The molecule has 0 aliphatic heterocycles. The number of nitrogens with one attached hydrogen (secondary N) is 1. The van der Waals surface area contributed by atoms with Crippen molar-refractivity contribution >= 4 is 17.2 Å². The third kappa shape index (κ3) is 3.16. The smallest absolute Gasteiger partial charge is 0.246 e. The predicted molar refractivity (Wildman–Crippen MR) is 52.8 cm³/mol. The summed E-state index contributed by atoms with van der Waals surface area (Å²) in [7, 11) is 1.51. The van der Waals surface area contributed by atoms with E-state index in [2.05, 4.69) is 10.7 Å². The summed E-state index contributed by atoms with van der Waals surface area (Å²) in [6.07, 6.45) is 0. The first-order chi connectivity index (χ1) is 6.24. The van der Waals surface area contributed by atoms with Crippen LogP contribution in [0.3, 0.4) is 0 Å². The molecule has 1 heterocycles. The fourth-order valence-corrected chi connectivity index (χ4v) is 1.80. The van der Waals surface area contributed by atoms with Crippen LogP contribution in [0.25, 0.3) is 0 Å². The van der Waals surface area contributed by atoms with Crippen molar-refractivity contribution in [3.8, 4) is 0 Å². The summed E-state index contributed by atoms with van der Waals surface area (Å²) in [5, 5.41) is 6.88. The van der Waals surface area contributed by atoms with Crippen molar-refractivity contribution in [1.82, 2.24) is 5.32 Å². The van der Waals surface area contributed by atoms with Crippen LogP contribution in [0, 0.1) is 6.92 Å². The highest BCUT2D eigenvalue weighted by molar-refractivity contribution is 7.08. The van der Waals surface area contributed by atoms with Gasteiger partial charge in [-0.1, -0.05) is 0 Å². The molecule has 1 N–H and O–H groups in total. The summed E-state index contributed by atoms with van der Waals surface area (Å²) in [4.78, 5) is 11.0. The zero-order chi connectivity index (χ0) is 9.68. The molecule has 1 aromatic heterocycles. The molecule has 0 saturated heterocycles. The Morgan fingerprint density at radius 3 is 2.92 bits per heavy atom. The summed E-state index contributed by atoms with van der Waals surface area (Å²) in [6.45, 7) is 2.76. The topological polar surface area (TPSA) is 38.3 Å². The molecular weight excluding hydrogens is 186 g/mol. The first kappa shape index (κ1) is 10.2. The van der Waals surface area contributed by atoms with Gasteiger partial charge in [0.1, 0.15) is 6.61 Å². The summed E-state index contributed by atoms with van der Waals surface area (Å²) >= 11 is 1.65. The lowest BCUT2D eigenvalue weighted by Crippen LogP contribution is -2.26. The molecule has 0 radical (unpaired) electrons. The number of hydrogen-bond donors (Lipinski definition) is 1. The number of carbonyl (C=O) groups excluding carboxylic acids is 1. The first-order valence-corrected chi connectivity index (χ1v) is 4.95. The van der Waals surface area contributed by atoms with Gasteiger partial charge in [0.25, 0.3) is 0 Å². The molecule has 1 rings (SSSR count). The second-order valence-electron chi connectivity index (χ2n) is 2.79.